The van der Waals surface area contributed by atoms with Crippen molar-refractivity contribution in [2.45, 2.75) is 46.1 Å². The van der Waals surface area contributed by atoms with Crippen molar-refractivity contribution in [1.82, 2.24) is 5.32 Å². The monoisotopic (exact) mass is 187 g/mol. The summed E-state index contributed by atoms with van der Waals surface area (Å²) in [5.41, 5.74) is 0.202. The molecule has 13 heavy (non-hydrogen) atoms. The molecule has 78 valence electrons. The second kappa shape index (κ2) is 5.22. The summed E-state index contributed by atoms with van der Waals surface area (Å²) in [6, 6.07) is 0.395. The Balaban J connectivity index is 3.80. The average Bonchev–Trinajstić information content (AvgIpc) is 1.95. The second-order valence-corrected chi connectivity index (χ2v) is 4.49. The molecule has 3 nitrogen and oxygen atoms in total. The lowest BCUT2D eigenvalue weighted by Crippen LogP contribution is -2.37. The molecule has 1 atom stereocenters. The number of rotatable bonds is 5. The molecule has 2 N–H and O–H groups in total. The number of nitrogens with one attached hydrogen (secondary N) is 1. The van der Waals surface area contributed by atoms with Crippen molar-refractivity contribution >= 4 is 5.97 Å². The van der Waals surface area contributed by atoms with Crippen molar-refractivity contribution in [2.24, 2.45) is 5.41 Å². The molecule has 1 unspecified atom stereocenters. The third kappa shape index (κ3) is 5.64. The molecule has 0 heterocycles. The summed E-state index contributed by atoms with van der Waals surface area (Å²) in [5.74, 6) is -0.705. The van der Waals surface area contributed by atoms with Gasteiger partial charge in [-0.2, -0.15) is 0 Å². The molecule has 0 aromatic heterocycles. The lowest BCUT2D eigenvalue weighted by atomic mass is 9.84. The summed E-state index contributed by atoms with van der Waals surface area (Å²) in [4.78, 5) is 10.3. The van der Waals surface area contributed by atoms with E-state index in [4.69, 9.17) is 5.11 Å². The van der Waals surface area contributed by atoms with Crippen LogP contribution >= 0.6 is 0 Å². The first kappa shape index (κ1) is 12.4. The maximum atomic E-state index is 10.3. The van der Waals surface area contributed by atoms with Crippen LogP contribution in [0.4, 0.5) is 0 Å². The van der Waals surface area contributed by atoms with Crippen LogP contribution in [0.15, 0.2) is 0 Å². The van der Waals surface area contributed by atoms with Gasteiger partial charge in [0.05, 0.1) is 0 Å². The Bertz CT molecular complexity index is 161. The summed E-state index contributed by atoms with van der Waals surface area (Å²) in [6.07, 6.45) is 1.94. The summed E-state index contributed by atoms with van der Waals surface area (Å²) >= 11 is 0. The molecule has 0 bridgehead atoms. The van der Waals surface area contributed by atoms with E-state index < -0.39 is 5.97 Å². The van der Waals surface area contributed by atoms with Crippen LogP contribution in [0.5, 0.6) is 0 Å². The smallest absolute Gasteiger partial charge is 0.303 e. The van der Waals surface area contributed by atoms with Gasteiger partial charge in [0.2, 0.25) is 0 Å². The fourth-order valence-corrected chi connectivity index (χ4v) is 1.47. The Hall–Kier alpha value is -0.570. The molecule has 0 aliphatic heterocycles. The van der Waals surface area contributed by atoms with Crippen LogP contribution in [-0.2, 0) is 4.79 Å². The maximum absolute atomic E-state index is 10.3. The molecule has 0 aliphatic rings. The molecule has 0 saturated heterocycles. The van der Waals surface area contributed by atoms with E-state index in [1.54, 1.807) is 0 Å². The van der Waals surface area contributed by atoms with E-state index in [0.29, 0.717) is 6.04 Å². The summed E-state index contributed by atoms with van der Waals surface area (Å²) < 4.78 is 0. The summed E-state index contributed by atoms with van der Waals surface area (Å²) in [5, 5.41) is 11.7. The van der Waals surface area contributed by atoms with Gasteiger partial charge in [-0.25, -0.2) is 0 Å². The molecule has 0 aliphatic carbocycles. The van der Waals surface area contributed by atoms with E-state index in [2.05, 4.69) is 26.1 Å². The topological polar surface area (TPSA) is 49.3 Å². The third-order valence-corrected chi connectivity index (χ3v) is 2.28. The molecule has 0 amide bonds. The lowest BCUT2D eigenvalue weighted by molar-refractivity contribution is -0.137. The number of aliphatic carboxylic acids is 1. The first-order valence-corrected chi connectivity index (χ1v) is 4.77. The highest BCUT2D eigenvalue weighted by molar-refractivity contribution is 5.66. The fourth-order valence-electron chi connectivity index (χ4n) is 1.47. The Labute approximate surface area is 80.5 Å². The van der Waals surface area contributed by atoms with Crippen LogP contribution in [-0.4, -0.2) is 24.2 Å². The highest BCUT2D eigenvalue weighted by atomic mass is 16.4. The van der Waals surface area contributed by atoms with Gasteiger partial charge in [-0.05, 0) is 25.3 Å². The van der Waals surface area contributed by atoms with Crippen molar-refractivity contribution in [1.29, 1.82) is 0 Å². The van der Waals surface area contributed by atoms with Gasteiger partial charge in [-0.1, -0.05) is 20.8 Å². The standard InChI is InChI=1S/C10H21NO2/c1-10(2,3)8(11-4)6-5-7-9(12)13/h8,11H,5-7H2,1-4H3,(H,12,13). The van der Waals surface area contributed by atoms with Crippen molar-refractivity contribution in [3.8, 4) is 0 Å². The molecule has 0 radical (unpaired) electrons. The Morgan fingerprint density at radius 1 is 1.46 bits per heavy atom. The number of hydrogen-bond donors (Lipinski definition) is 2. The highest BCUT2D eigenvalue weighted by Crippen LogP contribution is 2.22. The Morgan fingerprint density at radius 2 is 2.00 bits per heavy atom. The first-order chi connectivity index (χ1) is 5.88. The molecular formula is C10H21NO2. The predicted octanol–water partition coefficient (Wildman–Crippen LogP) is 1.88. The van der Waals surface area contributed by atoms with Crippen molar-refractivity contribution < 1.29 is 9.90 Å². The zero-order chi connectivity index (χ0) is 10.5. The minimum atomic E-state index is -0.705. The van der Waals surface area contributed by atoms with Crippen LogP contribution in [0.2, 0.25) is 0 Å². The van der Waals surface area contributed by atoms with Crippen LogP contribution in [0.25, 0.3) is 0 Å². The Kier molecular flexibility index (Phi) is 4.99. The SMILES string of the molecule is CNC(CCCC(=O)O)C(C)(C)C. The molecule has 0 saturated carbocycles. The zero-order valence-electron chi connectivity index (χ0n) is 9.05. The van der Waals surface area contributed by atoms with Gasteiger partial charge in [0.1, 0.15) is 0 Å². The zero-order valence-corrected chi connectivity index (χ0v) is 9.05. The van der Waals surface area contributed by atoms with E-state index in [9.17, 15) is 4.79 Å². The molecule has 0 aromatic carbocycles. The number of hydrogen-bond acceptors (Lipinski definition) is 2. The highest BCUT2D eigenvalue weighted by Gasteiger charge is 2.22. The number of carbonyl (C=O) groups is 1. The predicted molar refractivity (Wildman–Crippen MR) is 53.8 cm³/mol. The lowest BCUT2D eigenvalue weighted by Gasteiger charge is -2.30. The molecule has 0 spiro atoms. The minimum absolute atomic E-state index is 0.202. The van der Waals surface area contributed by atoms with Gasteiger partial charge in [0, 0.05) is 12.5 Å². The second-order valence-electron chi connectivity index (χ2n) is 4.49. The normalized spacial score (nSPS) is 14.2. The van der Waals surface area contributed by atoms with Crippen LogP contribution < -0.4 is 5.32 Å². The fraction of sp³-hybridized carbons (Fsp3) is 0.900. The average molecular weight is 187 g/mol. The number of carboxylic acid groups (broad SMARTS) is 1. The molecular weight excluding hydrogens is 166 g/mol. The number of carboxylic acids is 1. The molecule has 0 aromatic rings. The largest absolute Gasteiger partial charge is 0.481 e. The molecule has 3 heteroatoms. The molecule has 0 fully saturated rings. The minimum Gasteiger partial charge on any atom is -0.481 e. The van der Waals surface area contributed by atoms with Gasteiger partial charge < -0.3 is 10.4 Å². The van der Waals surface area contributed by atoms with Gasteiger partial charge in [0.25, 0.3) is 0 Å². The van der Waals surface area contributed by atoms with E-state index in [1.165, 1.54) is 0 Å². The van der Waals surface area contributed by atoms with Gasteiger partial charge >= 0.3 is 5.97 Å². The van der Waals surface area contributed by atoms with Crippen molar-refractivity contribution in [2.75, 3.05) is 7.05 Å². The van der Waals surface area contributed by atoms with Gasteiger partial charge in [-0.3, -0.25) is 4.79 Å². The van der Waals surface area contributed by atoms with Crippen LogP contribution in [0.3, 0.4) is 0 Å². The van der Waals surface area contributed by atoms with Crippen molar-refractivity contribution in [3.05, 3.63) is 0 Å². The van der Waals surface area contributed by atoms with Crippen LogP contribution in [0.1, 0.15) is 40.0 Å². The molecule has 0 rings (SSSR count). The van der Waals surface area contributed by atoms with Gasteiger partial charge in [-0.15, -0.1) is 0 Å². The van der Waals surface area contributed by atoms with Crippen molar-refractivity contribution in [3.63, 3.8) is 0 Å². The van der Waals surface area contributed by atoms with E-state index >= 15 is 0 Å². The summed E-state index contributed by atoms with van der Waals surface area (Å²) in [6.45, 7) is 6.48. The quantitative estimate of drug-likeness (QED) is 0.691. The summed E-state index contributed by atoms with van der Waals surface area (Å²) in [7, 11) is 1.93. The van der Waals surface area contributed by atoms with Crippen LogP contribution in [0, 0.1) is 5.41 Å². The Morgan fingerprint density at radius 3 is 2.31 bits per heavy atom. The first-order valence-electron chi connectivity index (χ1n) is 4.77. The maximum Gasteiger partial charge on any atom is 0.303 e. The van der Waals surface area contributed by atoms with E-state index in [1.807, 2.05) is 7.05 Å². The third-order valence-electron chi connectivity index (χ3n) is 2.28. The van der Waals surface area contributed by atoms with Gasteiger partial charge in [0.15, 0.2) is 0 Å². The van der Waals surface area contributed by atoms with E-state index in [-0.39, 0.29) is 11.8 Å². The van der Waals surface area contributed by atoms with E-state index in [0.717, 1.165) is 12.8 Å².